The number of methoxy groups -OCH3 is 1. The van der Waals surface area contributed by atoms with Crippen molar-refractivity contribution < 1.29 is 19.5 Å². The van der Waals surface area contributed by atoms with Crippen LogP contribution in [0.5, 0.6) is 11.5 Å². The lowest BCUT2D eigenvalue weighted by Crippen LogP contribution is -2.29. The second kappa shape index (κ2) is 6.07. The fraction of sp³-hybridized carbons (Fsp3) is 0.235. The SMILES string of the molecule is COc1ccc(C(CC(=O)O)N2Cc3ccccc3O2)cc1. The van der Waals surface area contributed by atoms with Gasteiger partial charge in [-0.15, -0.1) is 5.06 Å². The molecule has 3 rings (SSSR count). The summed E-state index contributed by atoms with van der Waals surface area (Å²) in [7, 11) is 1.60. The molecule has 5 nitrogen and oxygen atoms in total. The van der Waals surface area contributed by atoms with E-state index in [0.717, 1.165) is 22.6 Å². The zero-order valence-corrected chi connectivity index (χ0v) is 12.2. The van der Waals surface area contributed by atoms with Gasteiger partial charge in [-0.25, -0.2) is 0 Å². The van der Waals surface area contributed by atoms with Crippen molar-refractivity contribution in [3.8, 4) is 11.5 Å². The lowest BCUT2D eigenvalue weighted by atomic mass is 10.0. The Bertz CT molecular complexity index is 644. The van der Waals surface area contributed by atoms with Gasteiger partial charge >= 0.3 is 5.97 Å². The van der Waals surface area contributed by atoms with Gasteiger partial charge in [0, 0.05) is 5.56 Å². The van der Waals surface area contributed by atoms with Gasteiger partial charge in [-0.1, -0.05) is 30.3 Å². The molecule has 2 aromatic rings. The number of carboxylic acid groups (broad SMARTS) is 1. The summed E-state index contributed by atoms with van der Waals surface area (Å²) >= 11 is 0. The van der Waals surface area contributed by atoms with Crippen LogP contribution in [0.4, 0.5) is 0 Å². The number of carboxylic acids is 1. The summed E-state index contributed by atoms with van der Waals surface area (Å²) in [5.74, 6) is 0.662. The highest BCUT2D eigenvalue weighted by Crippen LogP contribution is 2.35. The van der Waals surface area contributed by atoms with Crippen LogP contribution < -0.4 is 9.57 Å². The number of benzene rings is 2. The van der Waals surface area contributed by atoms with Gasteiger partial charge in [-0.05, 0) is 23.8 Å². The molecule has 0 radical (unpaired) electrons. The quantitative estimate of drug-likeness (QED) is 0.919. The summed E-state index contributed by atoms with van der Waals surface area (Å²) in [6.45, 7) is 0.570. The summed E-state index contributed by atoms with van der Waals surface area (Å²) in [5, 5.41) is 10.9. The van der Waals surface area contributed by atoms with E-state index in [2.05, 4.69) is 0 Å². The van der Waals surface area contributed by atoms with Crippen LogP contribution in [0.25, 0.3) is 0 Å². The van der Waals surface area contributed by atoms with Crippen molar-refractivity contribution in [1.29, 1.82) is 0 Å². The smallest absolute Gasteiger partial charge is 0.305 e. The zero-order chi connectivity index (χ0) is 15.5. The summed E-state index contributed by atoms with van der Waals surface area (Å²) in [6.07, 6.45) is -0.0275. The van der Waals surface area contributed by atoms with Gasteiger partial charge < -0.3 is 14.7 Å². The van der Waals surface area contributed by atoms with E-state index in [1.807, 2.05) is 48.5 Å². The number of rotatable bonds is 5. The maximum Gasteiger partial charge on any atom is 0.305 e. The molecular weight excluding hydrogens is 282 g/mol. The Morgan fingerprint density at radius 1 is 1.27 bits per heavy atom. The number of carbonyl (C=O) groups is 1. The van der Waals surface area contributed by atoms with E-state index in [-0.39, 0.29) is 12.5 Å². The third kappa shape index (κ3) is 2.89. The van der Waals surface area contributed by atoms with Crippen molar-refractivity contribution in [2.75, 3.05) is 7.11 Å². The minimum Gasteiger partial charge on any atom is -0.497 e. The van der Waals surface area contributed by atoms with Crippen LogP contribution in [0, 0.1) is 0 Å². The molecule has 114 valence electrons. The molecule has 0 fully saturated rings. The Hall–Kier alpha value is -2.53. The van der Waals surface area contributed by atoms with Crippen LogP contribution in [-0.4, -0.2) is 23.2 Å². The summed E-state index contributed by atoms with van der Waals surface area (Å²) in [6, 6.07) is 14.8. The van der Waals surface area contributed by atoms with Crippen LogP contribution >= 0.6 is 0 Å². The average molecular weight is 299 g/mol. The standard InChI is InChI=1S/C17H17NO4/c1-21-14-8-6-12(7-9-14)15(10-17(19)20)18-11-13-4-2-3-5-16(13)22-18/h2-9,15H,10-11H2,1H3,(H,19,20). The molecule has 0 bridgehead atoms. The van der Waals surface area contributed by atoms with Crippen molar-refractivity contribution in [3.05, 3.63) is 59.7 Å². The summed E-state index contributed by atoms with van der Waals surface area (Å²) < 4.78 is 5.14. The molecule has 0 aliphatic carbocycles. The van der Waals surface area contributed by atoms with Gasteiger partial charge in [0.2, 0.25) is 0 Å². The van der Waals surface area contributed by atoms with E-state index < -0.39 is 5.97 Å². The van der Waals surface area contributed by atoms with Gasteiger partial charge in [0.25, 0.3) is 0 Å². The van der Waals surface area contributed by atoms with Crippen LogP contribution in [0.3, 0.4) is 0 Å². The molecule has 0 spiro atoms. The molecule has 1 heterocycles. The minimum atomic E-state index is -0.861. The van der Waals surface area contributed by atoms with E-state index >= 15 is 0 Å². The molecule has 2 aromatic carbocycles. The van der Waals surface area contributed by atoms with Crippen LogP contribution in [0.1, 0.15) is 23.6 Å². The number of hydrogen-bond donors (Lipinski definition) is 1. The lowest BCUT2D eigenvalue weighted by molar-refractivity contribution is -0.144. The highest BCUT2D eigenvalue weighted by Gasteiger charge is 2.30. The Kier molecular flexibility index (Phi) is 3.98. The zero-order valence-electron chi connectivity index (χ0n) is 12.2. The molecule has 1 atom stereocenters. The van der Waals surface area contributed by atoms with E-state index in [1.54, 1.807) is 12.2 Å². The van der Waals surface area contributed by atoms with Gasteiger partial charge in [-0.3, -0.25) is 4.79 Å². The van der Waals surface area contributed by atoms with E-state index in [9.17, 15) is 9.90 Å². The number of ether oxygens (including phenoxy) is 1. The molecule has 1 unspecified atom stereocenters. The topological polar surface area (TPSA) is 59.0 Å². The Morgan fingerprint density at radius 3 is 2.64 bits per heavy atom. The van der Waals surface area contributed by atoms with E-state index in [1.165, 1.54) is 0 Å². The lowest BCUT2D eigenvalue weighted by Gasteiger charge is -2.25. The van der Waals surface area contributed by atoms with Crippen LogP contribution in [-0.2, 0) is 11.3 Å². The first-order valence-electron chi connectivity index (χ1n) is 7.05. The molecule has 0 saturated heterocycles. The number of nitrogens with zero attached hydrogens (tertiary/aromatic N) is 1. The first-order chi connectivity index (χ1) is 10.7. The van der Waals surface area contributed by atoms with Crippen LogP contribution in [0.15, 0.2) is 48.5 Å². The first kappa shape index (κ1) is 14.4. The van der Waals surface area contributed by atoms with Gasteiger partial charge in [-0.2, -0.15) is 0 Å². The van der Waals surface area contributed by atoms with Crippen molar-refractivity contribution in [1.82, 2.24) is 5.06 Å². The highest BCUT2D eigenvalue weighted by molar-refractivity contribution is 5.68. The predicted molar refractivity (Wildman–Crippen MR) is 80.6 cm³/mol. The summed E-state index contributed by atoms with van der Waals surface area (Å²) in [5.41, 5.74) is 1.95. The van der Waals surface area contributed by atoms with Crippen molar-refractivity contribution >= 4 is 5.97 Å². The molecule has 0 aromatic heterocycles. The molecule has 22 heavy (non-hydrogen) atoms. The second-order valence-electron chi connectivity index (χ2n) is 5.16. The molecule has 5 heteroatoms. The number of fused-ring (bicyclic) bond motifs is 1. The Labute approximate surface area is 128 Å². The third-order valence-electron chi connectivity index (χ3n) is 3.73. The molecule has 1 aliphatic heterocycles. The first-order valence-corrected chi connectivity index (χ1v) is 7.05. The molecular formula is C17H17NO4. The van der Waals surface area contributed by atoms with E-state index in [4.69, 9.17) is 9.57 Å². The third-order valence-corrected chi connectivity index (χ3v) is 3.73. The largest absolute Gasteiger partial charge is 0.497 e. The monoisotopic (exact) mass is 299 g/mol. The molecule has 1 N–H and O–H groups in total. The number of aliphatic carboxylic acids is 1. The molecule has 0 amide bonds. The molecule has 1 aliphatic rings. The van der Waals surface area contributed by atoms with E-state index in [0.29, 0.717) is 6.54 Å². The number of para-hydroxylation sites is 1. The summed E-state index contributed by atoms with van der Waals surface area (Å²) in [4.78, 5) is 17.0. The highest BCUT2D eigenvalue weighted by atomic mass is 16.7. The van der Waals surface area contributed by atoms with Gasteiger partial charge in [0.1, 0.15) is 5.75 Å². The average Bonchev–Trinajstić information content (AvgIpc) is 2.96. The number of hydrogen-bond acceptors (Lipinski definition) is 4. The normalized spacial score (nSPS) is 15.0. The van der Waals surface area contributed by atoms with Gasteiger partial charge in [0.15, 0.2) is 5.75 Å². The van der Waals surface area contributed by atoms with Crippen molar-refractivity contribution in [3.63, 3.8) is 0 Å². The number of hydroxylamine groups is 2. The maximum absolute atomic E-state index is 11.2. The molecule has 0 saturated carbocycles. The van der Waals surface area contributed by atoms with Crippen molar-refractivity contribution in [2.45, 2.75) is 19.0 Å². The minimum absolute atomic E-state index is 0.0275. The Morgan fingerprint density at radius 2 is 2.00 bits per heavy atom. The maximum atomic E-state index is 11.2. The fourth-order valence-corrected chi connectivity index (χ4v) is 2.60. The van der Waals surface area contributed by atoms with Crippen molar-refractivity contribution in [2.24, 2.45) is 0 Å². The Balaban J connectivity index is 1.86. The second-order valence-corrected chi connectivity index (χ2v) is 5.16. The predicted octanol–water partition coefficient (Wildman–Crippen LogP) is 3.02. The van der Waals surface area contributed by atoms with Gasteiger partial charge in [0.05, 0.1) is 26.1 Å². The fourth-order valence-electron chi connectivity index (χ4n) is 2.60. The van der Waals surface area contributed by atoms with Crippen LogP contribution in [0.2, 0.25) is 0 Å².